The summed E-state index contributed by atoms with van der Waals surface area (Å²) in [6, 6.07) is 1.72. The van der Waals surface area contributed by atoms with E-state index in [1.807, 2.05) is 0 Å². The second-order valence-electron chi connectivity index (χ2n) is 4.01. The van der Waals surface area contributed by atoms with E-state index in [2.05, 4.69) is 10.1 Å². The van der Waals surface area contributed by atoms with E-state index in [1.54, 1.807) is 6.07 Å². The molecule has 0 spiro atoms. The molecule has 5 nitrogen and oxygen atoms in total. The first-order chi connectivity index (χ1) is 8.20. The van der Waals surface area contributed by atoms with Crippen molar-refractivity contribution >= 4 is 28.7 Å². The summed E-state index contributed by atoms with van der Waals surface area (Å²) in [7, 11) is 1.33. The number of hydrogen-bond acceptors (Lipinski definition) is 5. The van der Waals surface area contributed by atoms with Crippen molar-refractivity contribution in [1.82, 2.24) is 10.1 Å². The van der Waals surface area contributed by atoms with E-state index in [4.69, 9.17) is 20.9 Å². The summed E-state index contributed by atoms with van der Waals surface area (Å²) < 4.78 is 9.73. The Hall–Kier alpha value is -1.62. The molecule has 17 heavy (non-hydrogen) atoms. The number of carbonyl (C=O) groups excluding carboxylic acids is 1. The first-order valence-electron chi connectivity index (χ1n) is 5.25. The van der Waals surface area contributed by atoms with Crippen molar-refractivity contribution in [2.45, 2.75) is 18.8 Å². The molecule has 1 saturated carbocycles. The number of rotatable bonds is 2. The molecular formula is C11H9ClN2O3. The molecule has 1 aliphatic rings. The van der Waals surface area contributed by atoms with E-state index in [0.29, 0.717) is 22.6 Å². The number of pyridine rings is 1. The molecule has 0 amide bonds. The summed E-state index contributed by atoms with van der Waals surface area (Å²) in [6.45, 7) is 0. The van der Waals surface area contributed by atoms with E-state index < -0.39 is 5.97 Å². The third kappa shape index (κ3) is 1.67. The third-order valence-electron chi connectivity index (χ3n) is 2.83. The summed E-state index contributed by atoms with van der Waals surface area (Å²) in [6.07, 6.45) is 2.17. The van der Waals surface area contributed by atoms with Crippen LogP contribution < -0.4 is 0 Å². The smallest absolute Gasteiger partial charge is 0.338 e. The molecule has 0 N–H and O–H groups in total. The van der Waals surface area contributed by atoms with Crippen LogP contribution in [0.5, 0.6) is 0 Å². The average molecular weight is 253 g/mol. The molecule has 0 unspecified atom stereocenters. The van der Waals surface area contributed by atoms with Crippen LogP contribution in [0.25, 0.3) is 11.1 Å². The number of aromatic nitrogens is 2. The van der Waals surface area contributed by atoms with Gasteiger partial charge in [0.2, 0.25) is 0 Å². The summed E-state index contributed by atoms with van der Waals surface area (Å²) in [5.74, 6) is -0.0453. The standard InChI is InChI=1S/C11H9ClN2O3/c1-16-11(15)6-4-7(5-2-3-5)13-10-8(6)9(12)14-17-10/h4-5H,2-3H2,1H3. The quantitative estimate of drug-likeness (QED) is 0.769. The predicted octanol–water partition coefficient (Wildman–Crippen LogP) is 2.54. The Morgan fingerprint density at radius 1 is 1.59 bits per heavy atom. The zero-order valence-corrected chi connectivity index (χ0v) is 9.82. The van der Waals surface area contributed by atoms with E-state index in [9.17, 15) is 4.79 Å². The minimum atomic E-state index is -0.454. The van der Waals surface area contributed by atoms with Gasteiger partial charge in [-0.2, -0.15) is 0 Å². The largest absolute Gasteiger partial charge is 0.465 e. The molecule has 6 heteroatoms. The number of carbonyl (C=O) groups is 1. The number of hydrogen-bond donors (Lipinski definition) is 0. The van der Waals surface area contributed by atoms with E-state index in [1.165, 1.54) is 7.11 Å². The van der Waals surface area contributed by atoms with Crippen molar-refractivity contribution in [3.05, 3.63) is 22.5 Å². The van der Waals surface area contributed by atoms with Gasteiger partial charge in [-0.25, -0.2) is 9.78 Å². The van der Waals surface area contributed by atoms with Gasteiger partial charge in [0.05, 0.1) is 18.1 Å². The van der Waals surface area contributed by atoms with Crippen LogP contribution in [-0.2, 0) is 4.74 Å². The van der Waals surface area contributed by atoms with Gasteiger partial charge in [0.25, 0.3) is 5.71 Å². The highest BCUT2D eigenvalue weighted by Crippen LogP contribution is 2.40. The molecule has 2 heterocycles. The summed E-state index contributed by atoms with van der Waals surface area (Å²) in [5.41, 5.74) is 1.50. The molecular weight excluding hydrogens is 244 g/mol. The Balaban J connectivity index is 2.26. The molecule has 0 saturated heterocycles. The molecule has 1 aliphatic carbocycles. The first-order valence-corrected chi connectivity index (χ1v) is 5.62. The fraction of sp³-hybridized carbons (Fsp3) is 0.364. The highest BCUT2D eigenvalue weighted by atomic mass is 35.5. The van der Waals surface area contributed by atoms with Crippen molar-refractivity contribution < 1.29 is 14.1 Å². The van der Waals surface area contributed by atoms with Crippen LogP contribution in [0.15, 0.2) is 10.6 Å². The molecule has 0 radical (unpaired) electrons. The zero-order valence-electron chi connectivity index (χ0n) is 9.07. The molecule has 2 aromatic heterocycles. The van der Waals surface area contributed by atoms with Crippen molar-refractivity contribution in [3.8, 4) is 0 Å². The van der Waals surface area contributed by atoms with Crippen LogP contribution >= 0.6 is 11.6 Å². The zero-order chi connectivity index (χ0) is 12.0. The number of ether oxygens (including phenoxy) is 1. The summed E-state index contributed by atoms with van der Waals surface area (Å²) in [4.78, 5) is 16.0. The van der Waals surface area contributed by atoms with Gasteiger partial charge in [0.1, 0.15) is 0 Å². The average Bonchev–Trinajstić information content (AvgIpc) is 3.13. The Kier molecular flexibility index (Phi) is 2.29. The Labute approximate surface area is 102 Å². The maximum Gasteiger partial charge on any atom is 0.338 e. The van der Waals surface area contributed by atoms with Gasteiger partial charge in [-0.1, -0.05) is 16.8 Å². The number of nitrogens with zero attached hydrogens (tertiary/aromatic N) is 2. The maximum atomic E-state index is 11.7. The van der Waals surface area contributed by atoms with Crippen molar-refractivity contribution in [1.29, 1.82) is 0 Å². The lowest BCUT2D eigenvalue weighted by atomic mass is 10.1. The van der Waals surface area contributed by atoms with Gasteiger partial charge in [0, 0.05) is 11.6 Å². The maximum absolute atomic E-state index is 11.7. The molecule has 0 aromatic carbocycles. The molecule has 0 bridgehead atoms. The van der Waals surface area contributed by atoms with Gasteiger partial charge < -0.3 is 9.26 Å². The van der Waals surface area contributed by atoms with Gasteiger partial charge in [0.15, 0.2) is 5.15 Å². The minimum absolute atomic E-state index is 0.134. The topological polar surface area (TPSA) is 65.2 Å². The van der Waals surface area contributed by atoms with Gasteiger partial charge >= 0.3 is 5.97 Å². The predicted molar refractivity (Wildman–Crippen MR) is 60.1 cm³/mol. The van der Waals surface area contributed by atoms with Crippen LogP contribution in [0, 0.1) is 0 Å². The van der Waals surface area contributed by atoms with E-state index >= 15 is 0 Å². The van der Waals surface area contributed by atoms with E-state index in [0.717, 1.165) is 18.5 Å². The summed E-state index contributed by atoms with van der Waals surface area (Å²) in [5, 5.41) is 4.17. The van der Waals surface area contributed by atoms with Crippen molar-refractivity contribution in [2.24, 2.45) is 0 Å². The van der Waals surface area contributed by atoms with Crippen LogP contribution in [0.4, 0.5) is 0 Å². The highest BCUT2D eigenvalue weighted by molar-refractivity contribution is 6.35. The number of esters is 1. The van der Waals surface area contributed by atoms with E-state index in [-0.39, 0.29) is 5.15 Å². The van der Waals surface area contributed by atoms with Crippen LogP contribution in [0.2, 0.25) is 5.15 Å². The Morgan fingerprint density at radius 2 is 2.35 bits per heavy atom. The Morgan fingerprint density at radius 3 is 3.00 bits per heavy atom. The number of halogens is 1. The fourth-order valence-electron chi connectivity index (χ4n) is 1.79. The van der Waals surface area contributed by atoms with Gasteiger partial charge in [-0.05, 0) is 18.9 Å². The third-order valence-corrected chi connectivity index (χ3v) is 3.08. The fourth-order valence-corrected chi connectivity index (χ4v) is 2.01. The lowest BCUT2D eigenvalue weighted by Crippen LogP contribution is -2.04. The summed E-state index contributed by atoms with van der Waals surface area (Å²) >= 11 is 5.87. The normalized spacial score (nSPS) is 15.2. The monoisotopic (exact) mass is 252 g/mol. The van der Waals surface area contributed by atoms with Crippen molar-refractivity contribution in [2.75, 3.05) is 7.11 Å². The Bertz CT molecular complexity index is 604. The lowest BCUT2D eigenvalue weighted by molar-refractivity contribution is 0.0602. The number of methoxy groups -OCH3 is 1. The molecule has 88 valence electrons. The van der Waals surface area contributed by atoms with Crippen molar-refractivity contribution in [3.63, 3.8) is 0 Å². The van der Waals surface area contributed by atoms with Gasteiger partial charge in [-0.15, -0.1) is 0 Å². The minimum Gasteiger partial charge on any atom is -0.465 e. The second kappa shape index (κ2) is 3.70. The lowest BCUT2D eigenvalue weighted by Gasteiger charge is -2.03. The molecule has 2 aromatic rings. The van der Waals surface area contributed by atoms with Crippen LogP contribution in [0.1, 0.15) is 34.8 Å². The second-order valence-corrected chi connectivity index (χ2v) is 4.37. The number of fused-ring (bicyclic) bond motifs is 1. The van der Waals surface area contributed by atoms with Gasteiger partial charge in [-0.3, -0.25) is 0 Å². The van der Waals surface area contributed by atoms with Crippen LogP contribution in [0.3, 0.4) is 0 Å². The molecule has 3 rings (SSSR count). The van der Waals surface area contributed by atoms with Crippen LogP contribution in [-0.4, -0.2) is 23.2 Å². The molecule has 1 fully saturated rings. The highest BCUT2D eigenvalue weighted by Gasteiger charge is 2.29. The molecule has 0 atom stereocenters. The SMILES string of the molecule is COC(=O)c1cc(C2CC2)nc2onc(Cl)c12. The molecule has 0 aliphatic heterocycles. The first kappa shape index (κ1) is 10.5.